The number of pyridine rings is 1. The molecule has 0 atom stereocenters. The summed E-state index contributed by atoms with van der Waals surface area (Å²) in [7, 11) is 3.27. The lowest BCUT2D eigenvalue weighted by atomic mass is 10.2. The van der Waals surface area contributed by atoms with Crippen LogP contribution in [0.2, 0.25) is 0 Å². The van der Waals surface area contributed by atoms with Gasteiger partial charge in [0.1, 0.15) is 17.3 Å². The van der Waals surface area contributed by atoms with Gasteiger partial charge in [0.25, 0.3) is 0 Å². The second-order valence-electron chi connectivity index (χ2n) is 4.38. The van der Waals surface area contributed by atoms with Gasteiger partial charge in [0, 0.05) is 12.1 Å². The molecule has 2 aromatic rings. The smallest absolute Gasteiger partial charge is 0.126 e. The molecule has 0 saturated heterocycles. The Balaban J connectivity index is 2.12. The molecule has 0 amide bonds. The van der Waals surface area contributed by atoms with Crippen molar-refractivity contribution in [1.82, 2.24) is 4.98 Å². The van der Waals surface area contributed by atoms with Crippen LogP contribution in [0.4, 0.5) is 5.82 Å². The molecule has 1 N–H and O–H groups in total. The molecule has 0 radical (unpaired) electrons. The lowest BCUT2D eigenvalue weighted by Gasteiger charge is -2.12. The lowest BCUT2D eigenvalue weighted by molar-refractivity contribution is 0.399. The van der Waals surface area contributed by atoms with E-state index in [1.54, 1.807) is 14.2 Å². The maximum atomic E-state index is 8.70. The van der Waals surface area contributed by atoms with E-state index in [2.05, 4.69) is 16.4 Å². The molecule has 0 saturated carbocycles. The van der Waals surface area contributed by atoms with E-state index in [9.17, 15) is 0 Å². The summed E-state index contributed by atoms with van der Waals surface area (Å²) < 4.78 is 10.6. The fourth-order valence-corrected chi connectivity index (χ4v) is 1.96. The van der Waals surface area contributed by atoms with Crippen LogP contribution in [0.25, 0.3) is 0 Å². The molecule has 2 rings (SSSR count). The molecule has 0 bridgehead atoms. The molecule has 1 heterocycles. The molecule has 1 aromatic carbocycles. The minimum atomic E-state index is 0.304. The second-order valence-corrected chi connectivity index (χ2v) is 4.38. The van der Waals surface area contributed by atoms with Crippen molar-refractivity contribution in [3.63, 3.8) is 0 Å². The van der Waals surface area contributed by atoms with Gasteiger partial charge < -0.3 is 14.8 Å². The number of aromatic nitrogens is 1. The number of nitriles is 1. The van der Waals surface area contributed by atoms with Crippen LogP contribution in [0.3, 0.4) is 0 Å². The summed E-state index contributed by atoms with van der Waals surface area (Å²) in [6.07, 6.45) is 0.304. The number of hydrogen-bond donors (Lipinski definition) is 1. The van der Waals surface area contributed by atoms with Crippen LogP contribution in [-0.4, -0.2) is 19.2 Å². The van der Waals surface area contributed by atoms with Gasteiger partial charge >= 0.3 is 0 Å². The lowest BCUT2D eigenvalue weighted by Crippen LogP contribution is -2.04. The molecule has 1 aromatic heterocycles. The zero-order valence-electron chi connectivity index (χ0n) is 12.1. The van der Waals surface area contributed by atoms with Crippen molar-refractivity contribution in [1.29, 1.82) is 5.26 Å². The predicted molar refractivity (Wildman–Crippen MR) is 80.4 cm³/mol. The summed E-state index contributed by atoms with van der Waals surface area (Å²) in [6, 6.07) is 13.3. The largest absolute Gasteiger partial charge is 0.497 e. The Kier molecular flexibility index (Phi) is 4.99. The zero-order chi connectivity index (χ0) is 15.1. The first-order valence-electron chi connectivity index (χ1n) is 6.54. The van der Waals surface area contributed by atoms with E-state index in [1.807, 2.05) is 36.4 Å². The Morgan fingerprint density at radius 3 is 2.76 bits per heavy atom. The molecule has 0 aliphatic rings. The van der Waals surface area contributed by atoms with Gasteiger partial charge in [-0.3, -0.25) is 0 Å². The number of hydrogen-bond acceptors (Lipinski definition) is 5. The third-order valence-corrected chi connectivity index (χ3v) is 3.01. The van der Waals surface area contributed by atoms with Crippen LogP contribution in [0, 0.1) is 11.3 Å². The predicted octanol–water partition coefficient (Wildman–Crippen LogP) is 2.78. The minimum absolute atomic E-state index is 0.304. The fraction of sp³-hybridized carbons (Fsp3) is 0.250. The molecule has 5 heteroatoms. The molecule has 0 fully saturated rings. The molecule has 0 aliphatic heterocycles. The standard InChI is InChI=1S/C16H17N3O2/c1-20-14-6-7-15(21-2)12(10-14)11-18-16-5-3-4-13(19-16)8-9-17/h3-7,10H,8,11H2,1-2H3,(H,18,19). The SMILES string of the molecule is COc1ccc(OC)c(CNc2cccc(CC#N)n2)c1. The number of methoxy groups -OCH3 is 2. The maximum Gasteiger partial charge on any atom is 0.126 e. The first-order valence-corrected chi connectivity index (χ1v) is 6.54. The zero-order valence-corrected chi connectivity index (χ0v) is 12.1. The van der Waals surface area contributed by atoms with Crippen molar-refractivity contribution < 1.29 is 9.47 Å². The Bertz CT molecular complexity index is 650. The second kappa shape index (κ2) is 7.15. The highest BCUT2D eigenvalue weighted by Crippen LogP contribution is 2.24. The molecule has 0 aliphatic carbocycles. The van der Waals surface area contributed by atoms with Gasteiger partial charge in [-0.25, -0.2) is 4.98 Å². The summed E-state index contributed by atoms with van der Waals surface area (Å²) in [6.45, 7) is 0.559. The average Bonchev–Trinajstić information content (AvgIpc) is 2.53. The molecule has 108 valence electrons. The number of anilines is 1. The van der Waals surface area contributed by atoms with Crippen molar-refractivity contribution in [3.05, 3.63) is 47.7 Å². The van der Waals surface area contributed by atoms with Gasteiger partial charge in [-0.2, -0.15) is 5.26 Å². The highest BCUT2D eigenvalue weighted by molar-refractivity contribution is 5.44. The van der Waals surface area contributed by atoms with Crippen LogP contribution >= 0.6 is 0 Å². The molecule has 5 nitrogen and oxygen atoms in total. The molecule has 0 spiro atoms. The van der Waals surface area contributed by atoms with Crippen molar-refractivity contribution in [2.24, 2.45) is 0 Å². The van der Waals surface area contributed by atoms with Crippen LogP contribution in [-0.2, 0) is 13.0 Å². The van der Waals surface area contributed by atoms with Gasteiger partial charge in [-0.05, 0) is 30.3 Å². The van der Waals surface area contributed by atoms with Crippen LogP contribution in [0.1, 0.15) is 11.3 Å². The van der Waals surface area contributed by atoms with Crippen LogP contribution < -0.4 is 14.8 Å². The van der Waals surface area contributed by atoms with Crippen LogP contribution in [0.15, 0.2) is 36.4 Å². The first kappa shape index (κ1) is 14.7. The van der Waals surface area contributed by atoms with E-state index in [0.717, 1.165) is 28.6 Å². The number of benzene rings is 1. The summed E-state index contributed by atoms with van der Waals surface area (Å²) in [5.74, 6) is 2.29. The molecule has 21 heavy (non-hydrogen) atoms. The topological polar surface area (TPSA) is 67.2 Å². The minimum Gasteiger partial charge on any atom is -0.497 e. The number of nitrogens with zero attached hydrogens (tertiary/aromatic N) is 2. The molecular weight excluding hydrogens is 266 g/mol. The van der Waals surface area contributed by atoms with Gasteiger partial charge in [0.15, 0.2) is 0 Å². The van der Waals surface area contributed by atoms with E-state index >= 15 is 0 Å². The van der Waals surface area contributed by atoms with E-state index in [0.29, 0.717) is 13.0 Å². The van der Waals surface area contributed by atoms with E-state index < -0.39 is 0 Å². The van der Waals surface area contributed by atoms with Crippen molar-refractivity contribution >= 4 is 5.82 Å². The third kappa shape index (κ3) is 3.86. The summed E-state index contributed by atoms with van der Waals surface area (Å²) in [5.41, 5.74) is 1.73. The van der Waals surface area contributed by atoms with Crippen LogP contribution in [0.5, 0.6) is 11.5 Å². The highest BCUT2D eigenvalue weighted by atomic mass is 16.5. The number of nitrogens with one attached hydrogen (secondary N) is 1. The summed E-state index contributed by atoms with van der Waals surface area (Å²) in [5, 5.41) is 11.9. The van der Waals surface area contributed by atoms with Gasteiger partial charge in [-0.15, -0.1) is 0 Å². The van der Waals surface area contributed by atoms with Gasteiger partial charge in [0.2, 0.25) is 0 Å². The normalized spacial score (nSPS) is 9.76. The summed E-state index contributed by atoms with van der Waals surface area (Å²) >= 11 is 0. The van der Waals surface area contributed by atoms with E-state index in [4.69, 9.17) is 14.7 Å². The van der Waals surface area contributed by atoms with Crippen molar-refractivity contribution in [2.75, 3.05) is 19.5 Å². The quantitative estimate of drug-likeness (QED) is 0.883. The van der Waals surface area contributed by atoms with E-state index in [1.165, 1.54) is 0 Å². The van der Waals surface area contributed by atoms with Crippen molar-refractivity contribution in [3.8, 4) is 17.6 Å². The Hall–Kier alpha value is -2.74. The Morgan fingerprint density at radius 2 is 2.05 bits per heavy atom. The average molecular weight is 283 g/mol. The highest BCUT2D eigenvalue weighted by Gasteiger charge is 2.05. The third-order valence-electron chi connectivity index (χ3n) is 3.01. The monoisotopic (exact) mass is 283 g/mol. The first-order chi connectivity index (χ1) is 10.3. The van der Waals surface area contributed by atoms with Gasteiger partial charge in [-0.1, -0.05) is 6.07 Å². The number of ether oxygens (including phenoxy) is 2. The Labute approximate surface area is 124 Å². The Morgan fingerprint density at radius 1 is 1.19 bits per heavy atom. The number of rotatable bonds is 6. The van der Waals surface area contributed by atoms with Crippen molar-refractivity contribution in [2.45, 2.75) is 13.0 Å². The maximum absolute atomic E-state index is 8.70. The van der Waals surface area contributed by atoms with E-state index in [-0.39, 0.29) is 0 Å². The summed E-state index contributed by atoms with van der Waals surface area (Å²) in [4.78, 5) is 4.37. The van der Waals surface area contributed by atoms with Gasteiger partial charge in [0.05, 0.1) is 32.4 Å². The molecule has 0 unspecified atom stereocenters. The molecular formula is C16H17N3O2. The fourth-order valence-electron chi connectivity index (χ4n) is 1.96.